The molecule has 0 saturated carbocycles. The summed E-state index contributed by atoms with van der Waals surface area (Å²) in [5.74, 6) is 0. The van der Waals surface area contributed by atoms with E-state index in [1.54, 1.807) is 0 Å². The molecule has 0 bridgehead atoms. The van der Waals surface area contributed by atoms with Crippen molar-refractivity contribution < 1.29 is 0 Å². The van der Waals surface area contributed by atoms with Crippen molar-refractivity contribution in [3.8, 4) is 27.9 Å². The molecule has 0 aliphatic rings. The van der Waals surface area contributed by atoms with Gasteiger partial charge in [-0.2, -0.15) is 0 Å². The Kier molecular flexibility index (Phi) is 7.71. The van der Waals surface area contributed by atoms with Crippen molar-refractivity contribution in [2.24, 2.45) is 0 Å². The van der Waals surface area contributed by atoms with Crippen LogP contribution in [-0.4, -0.2) is 4.57 Å². The monoisotopic (exact) mass is 907 g/mol. The minimum absolute atomic E-state index is 1.22. The van der Waals surface area contributed by atoms with E-state index in [1.165, 1.54) is 155 Å². The van der Waals surface area contributed by atoms with Gasteiger partial charge in [0.25, 0.3) is 0 Å². The third-order valence-electron chi connectivity index (χ3n) is 15.1. The first-order valence-corrected chi connectivity index (χ1v) is 25.4. The number of hydrogen-bond donors (Lipinski definition) is 0. The van der Waals surface area contributed by atoms with Crippen LogP contribution in [0.25, 0.3) is 155 Å². The van der Waals surface area contributed by atoms with Gasteiger partial charge in [-0.1, -0.05) is 164 Å². The number of hydrogen-bond acceptors (Lipinski definition) is 2. The van der Waals surface area contributed by atoms with Gasteiger partial charge in [-0.3, -0.25) is 0 Å². The van der Waals surface area contributed by atoms with Crippen molar-refractivity contribution in [2.45, 2.75) is 0 Å². The summed E-state index contributed by atoms with van der Waals surface area (Å²) in [7, 11) is 0. The van der Waals surface area contributed by atoms with Crippen LogP contribution in [-0.2, 0) is 0 Å². The van der Waals surface area contributed by atoms with Gasteiger partial charge in [0, 0.05) is 51.1 Å². The van der Waals surface area contributed by atoms with E-state index < -0.39 is 0 Å². The Morgan fingerprint density at radius 3 is 1.35 bits per heavy atom. The van der Waals surface area contributed by atoms with Gasteiger partial charge in [0.1, 0.15) is 0 Å². The van der Waals surface area contributed by atoms with Gasteiger partial charge in [-0.05, 0) is 148 Å². The Morgan fingerprint density at radius 2 is 0.696 bits per heavy atom. The van der Waals surface area contributed by atoms with Gasteiger partial charge in [0.2, 0.25) is 0 Å². The first-order valence-electron chi connectivity index (χ1n) is 23.7. The van der Waals surface area contributed by atoms with E-state index in [9.17, 15) is 0 Å². The Hall–Kier alpha value is -8.34. The first kappa shape index (κ1) is 37.7. The minimum Gasteiger partial charge on any atom is -0.309 e. The maximum atomic E-state index is 2.59. The Labute approximate surface area is 403 Å². The molecule has 0 fully saturated rings. The summed E-state index contributed by atoms with van der Waals surface area (Å²) in [5, 5.41) is 23.1. The second-order valence-electron chi connectivity index (χ2n) is 18.7. The molecule has 3 heterocycles. The lowest BCUT2D eigenvalue weighted by atomic mass is 9.90. The molecule has 0 aliphatic carbocycles. The summed E-state index contributed by atoms with van der Waals surface area (Å²) >= 11 is 3.77. The van der Waals surface area contributed by atoms with E-state index in [4.69, 9.17) is 0 Å². The van der Waals surface area contributed by atoms with Crippen LogP contribution in [0.4, 0.5) is 0 Å². The lowest BCUT2D eigenvalue weighted by Gasteiger charge is -2.15. The molecule has 0 unspecified atom stereocenters. The largest absolute Gasteiger partial charge is 0.309 e. The summed E-state index contributed by atoms with van der Waals surface area (Å²) < 4.78 is 7.87. The predicted octanol–water partition coefficient (Wildman–Crippen LogP) is 19.8. The number of nitrogens with zero attached hydrogens (tertiary/aromatic N) is 1. The molecule has 1 nitrogen and oxygen atoms in total. The minimum atomic E-state index is 1.22. The summed E-state index contributed by atoms with van der Waals surface area (Å²) in [4.78, 5) is 0. The molecule has 16 rings (SSSR count). The zero-order chi connectivity index (χ0) is 44.9. The lowest BCUT2D eigenvalue weighted by Crippen LogP contribution is -1.95. The highest BCUT2D eigenvalue weighted by molar-refractivity contribution is 7.26. The molecule has 0 atom stereocenters. The molecule has 3 aromatic heterocycles. The predicted molar refractivity (Wildman–Crippen MR) is 302 cm³/mol. The van der Waals surface area contributed by atoms with E-state index in [2.05, 4.69) is 229 Å². The van der Waals surface area contributed by atoms with Gasteiger partial charge < -0.3 is 4.57 Å². The number of aromatic nitrogens is 1. The molecule has 0 saturated heterocycles. The number of rotatable bonds is 3. The summed E-state index contributed by atoms with van der Waals surface area (Å²) in [5.41, 5.74) is 8.61. The Morgan fingerprint density at radius 1 is 0.246 bits per heavy atom. The molecular formula is C66H37NS2. The van der Waals surface area contributed by atoms with Gasteiger partial charge in [-0.25, -0.2) is 0 Å². The zero-order valence-electron chi connectivity index (χ0n) is 37.1. The van der Waals surface area contributed by atoms with Crippen LogP contribution in [0.2, 0.25) is 0 Å². The molecular weight excluding hydrogens is 871 g/mol. The zero-order valence-corrected chi connectivity index (χ0v) is 38.8. The highest BCUT2D eigenvalue weighted by Crippen LogP contribution is 2.47. The molecule has 0 radical (unpaired) electrons. The Bertz CT molecular complexity index is 4910. The first-order chi connectivity index (χ1) is 34.2. The lowest BCUT2D eigenvalue weighted by molar-refractivity contribution is 1.20. The number of fused-ring (bicyclic) bond motifs is 21. The van der Waals surface area contributed by atoms with E-state index in [-0.39, 0.29) is 0 Å². The van der Waals surface area contributed by atoms with E-state index in [1.807, 2.05) is 22.7 Å². The van der Waals surface area contributed by atoms with Crippen LogP contribution in [0.1, 0.15) is 0 Å². The summed E-state index contributed by atoms with van der Waals surface area (Å²) in [6.07, 6.45) is 0. The average Bonchev–Trinajstić information content (AvgIpc) is 4.09. The van der Waals surface area contributed by atoms with Gasteiger partial charge >= 0.3 is 0 Å². The van der Waals surface area contributed by atoms with Crippen molar-refractivity contribution in [3.63, 3.8) is 0 Å². The summed E-state index contributed by atoms with van der Waals surface area (Å²) in [6, 6.07) is 84.6. The fourth-order valence-corrected chi connectivity index (χ4v) is 14.4. The molecule has 0 amide bonds. The normalized spacial score (nSPS) is 12.3. The maximum absolute atomic E-state index is 2.59. The van der Waals surface area contributed by atoms with Crippen molar-refractivity contribution in [2.75, 3.05) is 0 Å². The van der Waals surface area contributed by atoms with E-state index in [0.29, 0.717) is 0 Å². The van der Waals surface area contributed by atoms with Crippen molar-refractivity contribution in [3.05, 3.63) is 224 Å². The molecule has 318 valence electrons. The second-order valence-corrected chi connectivity index (χ2v) is 20.8. The van der Waals surface area contributed by atoms with Crippen molar-refractivity contribution >= 4 is 149 Å². The van der Waals surface area contributed by atoms with Crippen LogP contribution in [0.15, 0.2) is 224 Å². The third-order valence-corrected chi connectivity index (χ3v) is 17.5. The molecule has 0 aliphatic heterocycles. The van der Waals surface area contributed by atoms with Crippen LogP contribution >= 0.6 is 22.7 Å². The van der Waals surface area contributed by atoms with E-state index >= 15 is 0 Å². The third kappa shape index (κ3) is 5.29. The summed E-state index contributed by atoms with van der Waals surface area (Å²) in [6.45, 7) is 0. The maximum Gasteiger partial charge on any atom is 0.0555 e. The Balaban J connectivity index is 0.992. The highest BCUT2D eigenvalue weighted by Gasteiger charge is 2.22. The van der Waals surface area contributed by atoms with Crippen LogP contribution < -0.4 is 0 Å². The smallest absolute Gasteiger partial charge is 0.0555 e. The fraction of sp³-hybridized carbons (Fsp3) is 0. The van der Waals surface area contributed by atoms with Crippen molar-refractivity contribution in [1.29, 1.82) is 0 Å². The van der Waals surface area contributed by atoms with Crippen molar-refractivity contribution in [1.82, 2.24) is 4.57 Å². The topological polar surface area (TPSA) is 4.93 Å². The van der Waals surface area contributed by atoms with Gasteiger partial charge in [0.05, 0.1) is 16.7 Å². The average molecular weight is 908 g/mol. The SMILES string of the molecule is c1cc(-c2ccc3c(c2)c2ccccc2c2cc4c5cc6c7ccccc7c7ccccc7c6cc5n(-c5cccc6sc7ccccc7c56)c4cc32)cc(-c2cccc3c2sc2ccccc23)c1. The number of thiophene rings is 2. The standard InChI is InChI=1S/C66H37NS2/c1-3-18-44-42(16-1)43-17-2-4-19-45(43)55-36-60-57(34-53(44)55)58-35-54-47-21-6-5-20-46(47)52-33-39(38-14-11-15-40(32-38)41-24-12-25-50-49-22-7-9-27-62(49)69-66(41)50)30-31-48(52)56(54)37-61(58)67(60)59-26-13-29-64-65(59)51-23-8-10-28-63(51)68-64/h1-37H. The molecule has 0 spiro atoms. The molecule has 16 aromatic rings. The second kappa shape index (κ2) is 14.1. The van der Waals surface area contributed by atoms with E-state index in [0.717, 1.165) is 0 Å². The fourth-order valence-electron chi connectivity index (χ4n) is 12.1. The van der Waals surface area contributed by atoms with Gasteiger partial charge in [-0.15, -0.1) is 22.7 Å². The quantitative estimate of drug-likeness (QED) is 0.156. The number of benzene rings is 13. The van der Waals surface area contributed by atoms with Gasteiger partial charge in [0.15, 0.2) is 0 Å². The molecule has 13 aromatic carbocycles. The molecule has 0 N–H and O–H groups in total. The highest BCUT2D eigenvalue weighted by atomic mass is 32.1. The molecule has 3 heteroatoms. The van der Waals surface area contributed by atoms with Crippen LogP contribution in [0.3, 0.4) is 0 Å². The van der Waals surface area contributed by atoms with Crippen LogP contribution in [0.5, 0.6) is 0 Å². The van der Waals surface area contributed by atoms with Crippen LogP contribution in [0, 0.1) is 0 Å². The molecule has 69 heavy (non-hydrogen) atoms.